The van der Waals surface area contributed by atoms with E-state index in [1.165, 1.54) is 11.3 Å². The van der Waals surface area contributed by atoms with Crippen LogP contribution in [0.4, 0.5) is 0 Å². The Morgan fingerprint density at radius 2 is 2.21 bits per heavy atom. The van der Waals surface area contributed by atoms with Crippen molar-refractivity contribution in [2.45, 2.75) is 18.9 Å². The number of hydrogen-bond acceptors (Lipinski definition) is 4. The number of hydrogen-bond donors (Lipinski definition) is 1. The SMILES string of the molecule is CNCC1CCCN1C(=O)c1csc(-c2ccc(Cl)c(Cl)c2)n1.Cl. The Labute approximate surface area is 161 Å². The molecule has 1 amide bonds. The van der Waals surface area contributed by atoms with E-state index in [4.69, 9.17) is 23.2 Å². The molecule has 24 heavy (non-hydrogen) atoms. The molecule has 1 aliphatic heterocycles. The number of benzene rings is 1. The monoisotopic (exact) mass is 405 g/mol. The van der Waals surface area contributed by atoms with Gasteiger partial charge < -0.3 is 10.2 Å². The lowest BCUT2D eigenvalue weighted by atomic mass is 10.2. The van der Waals surface area contributed by atoms with Gasteiger partial charge in [-0.05, 0) is 32.0 Å². The first-order valence-corrected chi connectivity index (χ1v) is 9.10. The number of likely N-dealkylation sites (N-methyl/N-ethyl adjacent to an activating group) is 1. The second-order valence-electron chi connectivity index (χ2n) is 5.52. The molecular formula is C16H18Cl3N3OS. The van der Waals surface area contributed by atoms with Crippen LogP contribution in [0.15, 0.2) is 23.6 Å². The highest BCUT2D eigenvalue weighted by atomic mass is 35.5. The van der Waals surface area contributed by atoms with E-state index in [-0.39, 0.29) is 24.4 Å². The van der Waals surface area contributed by atoms with Crippen LogP contribution < -0.4 is 5.32 Å². The van der Waals surface area contributed by atoms with Crippen molar-refractivity contribution in [3.05, 3.63) is 39.3 Å². The van der Waals surface area contributed by atoms with Gasteiger partial charge in [-0.15, -0.1) is 23.7 Å². The second-order valence-corrected chi connectivity index (χ2v) is 7.19. The van der Waals surface area contributed by atoms with E-state index < -0.39 is 0 Å². The highest BCUT2D eigenvalue weighted by molar-refractivity contribution is 7.13. The summed E-state index contributed by atoms with van der Waals surface area (Å²) in [5, 5.41) is 6.73. The van der Waals surface area contributed by atoms with Crippen LogP contribution in [0.2, 0.25) is 10.0 Å². The number of amides is 1. The maximum Gasteiger partial charge on any atom is 0.273 e. The molecule has 0 spiro atoms. The summed E-state index contributed by atoms with van der Waals surface area (Å²) in [6.07, 6.45) is 2.08. The Balaban J connectivity index is 0.00000208. The summed E-state index contributed by atoms with van der Waals surface area (Å²) in [6, 6.07) is 5.63. The van der Waals surface area contributed by atoms with E-state index >= 15 is 0 Å². The van der Waals surface area contributed by atoms with Gasteiger partial charge in [0.1, 0.15) is 10.7 Å². The van der Waals surface area contributed by atoms with E-state index in [1.807, 2.05) is 23.4 Å². The van der Waals surface area contributed by atoms with Crippen LogP contribution in [0.3, 0.4) is 0 Å². The first-order chi connectivity index (χ1) is 11.1. The van der Waals surface area contributed by atoms with Crippen LogP contribution in [0.5, 0.6) is 0 Å². The van der Waals surface area contributed by atoms with Crippen LogP contribution in [0.25, 0.3) is 10.6 Å². The molecule has 1 N–H and O–H groups in total. The molecule has 8 heteroatoms. The number of carbonyl (C=O) groups excluding carboxylic acids is 1. The fourth-order valence-electron chi connectivity index (χ4n) is 2.83. The number of likely N-dealkylation sites (tertiary alicyclic amines) is 1. The highest BCUT2D eigenvalue weighted by Gasteiger charge is 2.30. The Hall–Kier alpha value is -0.850. The molecule has 2 aromatic rings. The molecule has 0 saturated carbocycles. The first-order valence-electron chi connectivity index (χ1n) is 7.46. The largest absolute Gasteiger partial charge is 0.333 e. The number of carbonyl (C=O) groups is 1. The fourth-order valence-corrected chi connectivity index (χ4v) is 3.92. The quantitative estimate of drug-likeness (QED) is 0.820. The molecule has 1 atom stereocenters. The van der Waals surface area contributed by atoms with Gasteiger partial charge in [0.2, 0.25) is 0 Å². The molecule has 1 aliphatic rings. The minimum absolute atomic E-state index is 0. The number of nitrogens with zero attached hydrogens (tertiary/aromatic N) is 2. The van der Waals surface area contributed by atoms with Crippen molar-refractivity contribution in [2.75, 3.05) is 20.1 Å². The molecule has 4 nitrogen and oxygen atoms in total. The Morgan fingerprint density at radius 3 is 2.92 bits per heavy atom. The molecule has 1 saturated heterocycles. The summed E-state index contributed by atoms with van der Waals surface area (Å²) >= 11 is 13.4. The van der Waals surface area contributed by atoms with E-state index in [0.29, 0.717) is 15.7 Å². The summed E-state index contributed by atoms with van der Waals surface area (Å²) in [4.78, 5) is 19.1. The van der Waals surface area contributed by atoms with Crippen molar-refractivity contribution in [3.8, 4) is 10.6 Å². The van der Waals surface area contributed by atoms with E-state index in [2.05, 4.69) is 10.3 Å². The summed E-state index contributed by atoms with van der Waals surface area (Å²) in [6.45, 7) is 1.61. The first kappa shape index (κ1) is 19.5. The predicted molar refractivity (Wildman–Crippen MR) is 103 cm³/mol. The van der Waals surface area contributed by atoms with Gasteiger partial charge in [0, 0.05) is 30.1 Å². The third-order valence-electron chi connectivity index (χ3n) is 3.97. The molecule has 1 fully saturated rings. The average Bonchev–Trinajstić information content (AvgIpc) is 3.19. The number of rotatable bonds is 4. The normalized spacial score (nSPS) is 17.0. The lowest BCUT2D eigenvalue weighted by Crippen LogP contribution is -2.40. The van der Waals surface area contributed by atoms with Crippen molar-refractivity contribution < 1.29 is 4.79 Å². The van der Waals surface area contributed by atoms with Crippen molar-refractivity contribution in [1.29, 1.82) is 0 Å². The second kappa shape index (κ2) is 8.50. The molecule has 2 heterocycles. The molecule has 0 aliphatic carbocycles. The third kappa shape index (κ3) is 4.03. The van der Waals surface area contributed by atoms with Gasteiger partial charge in [-0.3, -0.25) is 4.79 Å². The molecule has 3 rings (SSSR count). The number of thiazole rings is 1. The maximum atomic E-state index is 12.7. The minimum Gasteiger partial charge on any atom is -0.333 e. The van der Waals surface area contributed by atoms with Crippen molar-refractivity contribution in [2.24, 2.45) is 0 Å². The smallest absolute Gasteiger partial charge is 0.273 e. The zero-order valence-electron chi connectivity index (χ0n) is 13.1. The van der Waals surface area contributed by atoms with E-state index in [0.717, 1.165) is 36.5 Å². The zero-order valence-corrected chi connectivity index (χ0v) is 16.2. The van der Waals surface area contributed by atoms with Gasteiger partial charge >= 0.3 is 0 Å². The van der Waals surface area contributed by atoms with Gasteiger partial charge in [-0.1, -0.05) is 29.3 Å². The topological polar surface area (TPSA) is 45.2 Å². The molecule has 0 bridgehead atoms. The van der Waals surface area contributed by atoms with Gasteiger partial charge in [-0.25, -0.2) is 4.98 Å². The lowest BCUT2D eigenvalue weighted by Gasteiger charge is -2.23. The van der Waals surface area contributed by atoms with Gasteiger partial charge in [0.05, 0.1) is 10.0 Å². The number of nitrogens with one attached hydrogen (secondary N) is 1. The zero-order chi connectivity index (χ0) is 16.4. The van der Waals surface area contributed by atoms with Gasteiger partial charge in [0.25, 0.3) is 5.91 Å². The molecule has 130 valence electrons. The lowest BCUT2D eigenvalue weighted by molar-refractivity contribution is 0.0732. The van der Waals surface area contributed by atoms with Crippen LogP contribution in [0.1, 0.15) is 23.3 Å². The summed E-state index contributed by atoms with van der Waals surface area (Å²) < 4.78 is 0. The van der Waals surface area contributed by atoms with Crippen molar-refractivity contribution >= 4 is 52.9 Å². The van der Waals surface area contributed by atoms with Crippen molar-refractivity contribution in [3.63, 3.8) is 0 Å². The highest BCUT2D eigenvalue weighted by Crippen LogP contribution is 2.31. The number of aromatic nitrogens is 1. The molecule has 1 aromatic heterocycles. The maximum absolute atomic E-state index is 12.7. The van der Waals surface area contributed by atoms with Crippen LogP contribution in [-0.4, -0.2) is 42.0 Å². The molecular weight excluding hydrogens is 389 g/mol. The van der Waals surface area contributed by atoms with Crippen molar-refractivity contribution in [1.82, 2.24) is 15.2 Å². The predicted octanol–water partition coefficient (Wildman–Crippen LogP) is 4.36. The molecule has 1 unspecified atom stereocenters. The van der Waals surface area contributed by atoms with E-state index in [9.17, 15) is 4.79 Å². The Bertz CT molecular complexity index is 722. The van der Waals surface area contributed by atoms with Gasteiger partial charge in [0.15, 0.2) is 0 Å². The summed E-state index contributed by atoms with van der Waals surface area (Å²) in [5.74, 6) is 0.00492. The third-order valence-corrected chi connectivity index (χ3v) is 5.60. The van der Waals surface area contributed by atoms with Gasteiger partial charge in [-0.2, -0.15) is 0 Å². The summed E-state index contributed by atoms with van der Waals surface area (Å²) in [7, 11) is 1.91. The summed E-state index contributed by atoms with van der Waals surface area (Å²) in [5.41, 5.74) is 1.37. The molecule has 1 aromatic carbocycles. The Morgan fingerprint density at radius 1 is 1.42 bits per heavy atom. The molecule has 0 radical (unpaired) electrons. The average molecular weight is 407 g/mol. The standard InChI is InChI=1S/C16H17Cl2N3OS.ClH/c1-19-8-11-3-2-6-21(11)16(22)14-9-23-15(20-14)10-4-5-12(17)13(18)7-10;/h4-5,7,9,11,19H,2-3,6,8H2,1H3;1H. The van der Waals surface area contributed by atoms with Crippen LogP contribution in [0, 0.1) is 0 Å². The Kier molecular flexibility index (Phi) is 6.89. The van der Waals surface area contributed by atoms with Crippen LogP contribution in [-0.2, 0) is 0 Å². The number of halogens is 3. The fraction of sp³-hybridized carbons (Fsp3) is 0.375. The van der Waals surface area contributed by atoms with Crippen LogP contribution >= 0.6 is 46.9 Å². The minimum atomic E-state index is 0. The van der Waals surface area contributed by atoms with E-state index in [1.54, 1.807) is 12.1 Å².